The molecule has 5 nitrogen and oxygen atoms in total. The summed E-state index contributed by atoms with van der Waals surface area (Å²) >= 11 is 0. The van der Waals surface area contributed by atoms with E-state index >= 15 is 0 Å². The minimum absolute atomic E-state index is 0.0419. The number of carbonyl (C=O) groups excluding carboxylic acids is 1. The molecule has 0 bridgehead atoms. The highest BCUT2D eigenvalue weighted by molar-refractivity contribution is 5.75. The van der Waals surface area contributed by atoms with Crippen molar-refractivity contribution in [3.05, 3.63) is 0 Å². The molecule has 2 heterocycles. The second-order valence-corrected chi connectivity index (χ2v) is 6.14. The van der Waals surface area contributed by atoms with Crippen LogP contribution in [-0.2, 0) is 9.47 Å². The Kier molecular flexibility index (Phi) is 4.68. The predicted molar refractivity (Wildman–Crippen MR) is 73.1 cm³/mol. The number of nitrogens with one attached hydrogen (secondary N) is 1. The molecule has 2 amide bonds. The van der Waals surface area contributed by atoms with Gasteiger partial charge in [-0.3, -0.25) is 0 Å². The fraction of sp³-hybridized carbons (Fsp3) is 0.929. The molecule has 1 unspecified atom stereocenters. The number of carbonyl (C=O) groups is 1. The molecule has 2 aliphatic heterocycles. The highest BCUT2D eigenvalue weighted by Crippen LogP contribution is 2.28. The van der Waals surface area contributed by atoms with E-state index in [1.807, 2.05) is 11.8 Å². The van der Waals surface area contributed by atoms with Crippen molar-refractivity contribution in [3.63, 3.8) is 0 Å². The number of amides is 2. The maximum absolute atomic E-state index is 11.9. The van der Waals surface area contributed by atoms with E-state index in [1.165, 1.54) is 0 Å². The smallest absolute Gasteiger partial charge is 0.317 e. The van der Waals surface area contributed by atoms with Gasteiger partial charge in [0, 0.05) is 19.8 Å². The molecule has 0 aromatic rings. The summed E-state index contributed by atoms with van der Waals surface area (Å²) in [6.45, 7) is 9.92. The molecule has 2 saturated heterocycles. The number of hydrogen-bond acceptors (Lipinski definition) is 3. The first-order chi connectivity index (χ1) is 9.00. The van der Waals surface area contributed by atoms with Gasteiger partial charge in [0.25, 0.3) is 0 Å². The first-order valence-corrected chi connectivity index (χ1v) is 7.28. The van der Waals surface area contributed by atoms with Crippen LogP contribution in [0.5, 0.6) is 0 Å². The zero-order chi connectivity index (χ0) is 13.9. The fourth-order valence-corrected chi connectivity index (χ4v) is 2.82. The number of urea groups is 1. The first-order valence-electron chi connectivity index (χ1n) is 7.28. The SMILES string of the molecule is CCOC1CN(C(=O)NCC2CCOC(C)(C)C2)C1. The number of nitrogens with zero attached hydrogens (tertiary/aromatic N) is 1. The van der Waals surface area contributed by atoms with Gasteiger partial charge >= 0.3 is 6.03 Å². The van der Waals surface area contributed by atoms with Gasteiger partial charge in [-0.25, -0.2) is 4.79 Å². The Labute approximate surface area is 115 Å². The summed E-state index contributed by atoms with van der Waals surface area (Å²) in [5.74, 6) is 0.525. The highest BCUT2D eigenvalue weighted by Gasteiger charge is 2.32. The molecule has 1 N–H and O–H groups in total. The predicted octanol–water partition coefficient (Wildman–Crippen LogP) is 1.62. The van der Waals surface area contributed by atoms with Gasteiger partial charge in [0.05, 0.1) is 24.8 Å². The Balaban J connectivity index is 1.64. The van der Waals surface area contributed by atoms with E-state index in [0.717, 1.165) is 45.7 Å². The van der Waals surface area contributed by atoms with Crippen LogP contribution in [-0.4, -0.2) is 55.5 Å². The molecule has 0 aliphatic carbocycles. The lowest BCUT2D eigenvalue weighted by atomic mass is 9.88. The van der Waals surface area contributed by atoms with Gasteiger partial charge in [0.2, 0.25) is 0 Å². The Morgan fingerprint density at radius 2 is 2.21 bits per heavy atom. The van der Waals surface area contributed by atoms with Crippen LogP contribution in [0.2, 0.25) is 0 Å². The number of likely N-dealkylation sites (tertiary alicyclic amines) is 1. The topological polar surface area (TPSA) is 50.8 Å². The van der Waals surface area contributed by atoms with Crippen molar-refractivity contribution in [1.29, 1.82) is 0 Å². The van der Waals surface area contributed by atoms with E-state index in [0.29, 0.717) is 5.92 Å². The average molecular weight is 270 g/mol. The van der Waals surface area contributed by atoms with Gasteiger partial charge in [0.1, 0.15) is 0 Å². The molecule has 2 rings (SSSR count). The van der Waals surface area contributed by atoms with Crippen LogP contribution in [0.4, 0.5) is 4.79 Å². The highest BCUT2D eigenvalue weighted by atomic mass is 16.5. The van der Waals surface area contributed by atoms with Crippen molar-refractivity contribution in [1.82, 2.24) is 10.2 Å². The zero-order valence-corrected chi connectivity index (χ0v) is 12.3. The molecule has 0 spiro atoms. The van der Waals surface area contributed by atoms with Crippen molar-refractivity contribution in [2.75, 3.05) is 32.8 Å². The minimum Gasteiger partial charge on any atom is -0.376 e. The number of ether oxygens (including phenoxy) is 2. The second kappa shape index (κ2) is 6.09. The molecule has 0 aromatic carbocycles. The molecule has 5 heteroatoms. The van der Waals surface area contributed by atoms with Crippen LogP contribution >= 0.6 is 0 Å². The first kappa shape index (κ1) is 14.6. The van der Waals surface area contributed by atoms with Crippen molar-refractivity contribution in [2.45, 2.75) is 45.3 Å². The molecular formula is C14H26N2O3. The van der Waals surface area contributed by atoms with E-state index < -0.39 is 0 Å². The number of rotatable bonds is 4. The third-order valence-electron chi connectivity index (χ3n) is 3.88. The largest absolute Gasteiger partial charge is 0.376 e. The lowest BCUT2D eigenvalue weighted by Crippen LogP contribution is -2.58. The van der Waals surface area contributed by atoms with Crippen LogP contribution in [0.25, 0.3) is 0 Å². The van der Waals surface area contributed by atoms with E-state index in [2.05, 4.69) is 19.2 Å². The van der Waals surface area contributed by atoms with Crippen LogP contribution in [0.1, 0.15) is 33.6 Å². The van der Waals surface area contributed by atoms with Crippen molar-refractivity contribution >= 4 is 6.03 Å². The summed E-state index contributed by atoms with van der Waals surface area (Å²) < 4.78 is 11.1. The molecule has 0 radical (unpaired) electrons. The van der Waals surface area contributed by atoms with Crippen molar-refractivity contribution in [2.24, 2.45) is 5.92 Å². The van der Waals surface area contributed by atoms with Gasteiger partial charge in [-0.15, -0.1) is 0 Å². The summed E-state index contributed by atoms with van der Waals surface area (Å²) in [7, 11) is 0. The van der Waals surface area contributed by atoms with Gasteiger partial charge < -0.3 is 19.7 Å². The lowest BCUT2D eigenvalue weighted by molar-refractivity contribution is -0.0719. The minimum atomic E-state index is -0.0511. The Morgan fingerprint density at radius 3 is 2.84 bits per heavy atom. The molecule has 2 fully saturated rings. The van der Waals surface area contributed by atoms with Gasteiger partial charge in [-0.05, 0) is 39.5 Å². The number of hydrogen-bond donors (Lipinski definition) is 1. The van der Waals surface area contributed by atoms with Gasteiger partial charge in [0.15, 0.2) is 0 Å². The van der Waals surface area contributed by atoms with Crippen LogP contribution < -0.4 is 5.32 Å². The van der Waals surface area contributed by atoms with E-state index in [4.69, 9.17) is 9.47 Å². The lowest BCUT2D eigenvalue weighted by Gasteiger charge is -2.39. The Bertz CT molecular complexity index is 314. The van der Waals surface area contributed by atoms with Crippen LogP contribution in [0.15, 0.2) is 0 Å². The van der Waals surface area contributed by atoms with Gasteiger partial charge in [-0.2, -0.15) is 0 Å². The Hall–Kier alpha value is -0.810. The molecule has 1 atom stereocenters. The monoisotopic (exact) mass is 270 g/mol. The summed E-state index contributed by atoms with van der Waals surface area (Å²) in [6.07, 6.45) is 2.28. The normalized spacial score (nSPS) is 26.9. The third-order valence-corrected chi connectivity index (χ3v) is 3.88. The van der Waals surface area contributed by atoms with Crippen molar-refractivity contribution < 1.29 is 14.3 Å². The standard InChI is InChI=1S/C14H26N2O3/c1-4-18-12-9-16(10-12)13(17)15-8-11-5-6-19-14(2,3)7-11/h11-12H,4-10H2,1-3H3,(H,15,17). The molecule has 0 saturated carbocycles. The van der Waals surface area contributed by atoms with Crippen LogP contribution in [0.3, 0.4) is 0 Å². The summed E-state index contributed by atoms with van der Waals surface area (Å²) in [5, 5.41) is 3.03. The third kappa shape index (κ3) is 4.08. The molecular weight excluding hydrogens is 244 g/mol. The summed E-state index contributed by atoms with van der Waals surface area (Å²) in [4.78, 5) is 13.7. The molecule has 110 valence electrons. The summed E-state index contributed by atoms with van der Waals surface area (Å²) in [5.41, 5.74) is -0.0511. The maximum Gasteiger partial charge on any atom is 0.317 e. The van der Waals surface area contributed by atoms with Crippen molar-refractivity contribution in [3.8, 4) is 0 Å². The second-order valence-electron chi connectivity index (χ2n) is 6.14. The quantitative estimate of drug-likeness (QED) is 0.844. The zero-order valence-electron chi connectivity index (χ0n) is 12.3. The van der Waals surface area contributed by atoms with Gasteiger partial charge in [-0.1, -0.05) is 0 Å². The molecule has 0 aromatic heterocycles. The van der Waals surface area contributed by atoms with E-state index in [-0.39, 0.29) is 17.7 Å². The maximum atomic E-state index is 11.9. The van der Waals surface area contributed by atoms with Crippen LogP contribution in [0, 0.1) is 5.92 Å². The fourth-order valence-electron chi connectivity index (χ4n) is 2.82. The summed E-state index contributed by atoms with van der Waals surface area (Å²) in [6, 6.07) is 0.0419. The Morgan fingerprint density at radius 1 is 1.47 bits per heavy atom. The van der Waals surface area contributed by atoms with E-state index in [9.17, 15) is 4.79 Å². The van der Waals surface area contributed by atoms with E-state index in [1.54, 1.807) is 0 Å². The average Bonchev–Trinajstić information content (AvgIpc) is 2.29. The molecule has 19 heavy (non-hydrogen) atoms. The molecule has 2 aliphatic rings.